The topological polar surface area (TPSA) is 48.0 Å². The second-order valence-electron chi connectivity index (χ2n) is 6.77. The van der Waals surface area contributed by atoms with E-state index in [4.69, 9.17) is 14.2 Å². The Bertz CT molecular complexity index is 767. The van der Waals surface area contributed by atoms with Gasteiger partial charge in [0.2, 0.25) is 5.91 Å². The third-order valence-electron chi connectivity index (χ3n) is 5.62. The zero-order chi connectivity index (χ0) is 17.6. The molecule has 1 amide bonds. The van der Waals surface area contributed by atoms with Gasteiger partial charge in [0, 0.05) is 12.5 Å². The summed E-state index contributed by atoms with van der Waals surface area (Å²) in [5.74, 6) is 3.06. The largest absolute Gasteiger partial charge is 0.497 e. The van der Waals surface area contributed by atoms with E-state index < -0.39 is 0 Å². The number of nitrogens with zero attached hydrogens (tertiary/aromatic N) is 1. The zero-order valence-corrected chi connectivity index (χ0v) is 14.8. The number of fused-ring (bicyclic) bond motifs is 5. The van der Waals surface area contributed by atoms with Crippen LogP contribution in [0.2, 0.25) is 0 Å². The van der Waals surface area contributed by atoms with Crippen LogP contribution in [0.25, 0.3) is 0 Å². The maximum Gasteiger partial charge on any atom is 0.227 e. The van der Waals surface area contributed by atoms with Crippen LogP contribution in [0.5, 0.6) is 5.75 Å². The third kappa shape index (κ3) is 2.49. The van der Waals surface area contributed by atoms with Crippen LogP contribution >= 0.6 is 0 Å². The van der Waals surface area contributed by atoms with Gasteiger partial charge in [0.25, 0.3) is 0 Å². The second-order valence-corrected chi connectivity index (χ2v) is 6.77. The lowest BCUT2D eigenvalue weighted by Crippen LogP contribution is -2.49. The van der Waals surface area contributed by atoms with Crippen molar-refractivity contribution < 1.29 is 19.0 Å². The average molecular weight is 341 g/mol. The summed E-state index contributed by atoms with van der Waals surface area (Å²) in [6, 6.07) is 6.13. The quantitative estimate of drug-likeness (QED) is 0.848. The van der Waals surface area contributed by atoms with Crippen LogP contribution in [0.1, 0.15) is 23.6 Å². The molecule has 5 heteroatoms. The van der Waals surface area contributed by atoms with Crippen molar-refractivity contribution in [2.45, 2.75) is 18.9 Å². The van der Waals surface area contributed by atoms with Gasteiger partial charge in [-0.2, -0.15) is 0 Å². The molecule has 4 rings (SSSR count). The van der Waals surface area contributed by atoms with E-state index in [0.29, 0.717) is 12.3 Å². The lowest BCUT2D eigenvalue weighted by molar-refractivity contribution is -0.137. The van der Waals surface area contributed by atoms with Gasteiger partial charge in [0.15, 0.2) is 11.5 Å². The molecular formula is C20H23NO4. The highest BCUT2D eigenvalue weighted by Crippen LogP contribution is 2.48. The predicted molar refractivity (Wildman–Crippen MR) is 92.9 cm³/mol. The van der Waals surface area contributed by atoms with Crippen molar-refractivity contribution in [3.8, 4) is 5.75 Å². The Morgan fingerprint density at radius 3 is 2.52 bits per heavy atom. The molecule has 1 aliphatic carbocycles. The summed E-state index contributed by atoms with van der Waals surface area (Å²) in [5, 5.41) is 0. The minimum atomic E-state index is 0.0423. The highest BCUT2D eigenvalue weighted by Gasteiger charge is 2.44. The Hall–Kier alpha value is -2.43. The molecule has 1 aromatic rings. The van der Waals surface area contributed by atoms with E-state index in [1.807, 2.05) is 17.0 Å². The molecule has 3 atom stereocenters. The summed E-state index contributed by atoms with van der Waals surface area (Å²) in [6.45, 7) is 0.778. The van der Waals surface area contributed by atoms with Gasteiger partial charge < -0.3 is 19.1 Å². The number of hydrogen-bond donors (Lipinski definition) is 0. The van der Waals surface area contributed by atoms with Crippen LogP contribution in [0.15, 0.2) is 41.9 Å². The first-order valence-corrected chi connectivity index (χ1v) is 8.64. The van der Waals surface area contributed by atoms with E-state index in [1.165, 1.54) is 5.56 Å². The fourth-order valence-electron chi connectivity index (χ4n) is 4.41. The Labute approximate surface area is 147 Å². The molecule has 0 N–H and O–H groups in total. The SMILES string of the molecule is COC1=CC2CCN3C(=O)Cc4cc(OC)ccc4C3C2C=C1OC. The van der Waals surface area contributed by atoms with Crippen molar-refractivity contribution in [1.82, 2.24) is 4.90 Å². The summed E-state index contributed by atoms with van der Waals surface area (Å²) in [6.07, 6.45) is 5.68. The van der Waals surface area contributed by atoms with Crippen LogP contribution in [0, 0.1) is 11.8 Å². The number of carbonyl (C=O) groups is 1. The Kier molecular flexibility index (Phi) is 3.94. The number of ether oxygens (including phenoxy) is 3. The molecule has 3 unspecified atom stereocenters. The van der Waals surface area contributed by atoms with Crippen molar-refractivity contribution in [2.24, 2.45) is 11.8 Å². The number of benzene rings is 1. The normalized spacial score (nSPS) is 27.4. The molecular weight excluding hydrogens is 318 g/mol. The monoisotopic (exact) mass is 341 g/mol. The molecule has 2 heterocycles. The fraction of sp³-hybridized carbons (Fsp3) is 0.450. The molecule has 1 fully saturated rings. The fourth-order valence-corrected chi connectivity index (χ4v) is 4.41. The van der Waals surface area contributed by atoms with Crippen LogP contribution in [-0.2, 0) is 20.7 Å². The smallest absolute Gasteiger partial charge is 0.227 e. The Balaban J connectivity index is 1.79. The molecule has 0 spiro atoms. The summed E-state index contributed by atoms with van der Waals surface area (Å²) in [7, 11) is 4.98. The Morgan fingerprint density at radius 1 is 1.04 bits per heavy atom. The number of amides is 1. The van der Waals surface area contributed by atoms with Gasteiger partial charge in [0.1, 0.15) is 5.75 Å². The van der Waals surface area contributed by atoms with Crippen LogP contribution in [-0.4, -0.2) is 38.7 Å². The van der Waals surface area contributed by atoms with Crippen LogP contribution in [0.3, 0.4) is 0 Å². The summed E-state index contributed by atoms with van der Waals surface area (Å²) < 4.78 is 16.3. The zero-order valence-electron chi connectivity index (χ0n) is 14.8. The molecule has 1 aromatic carbocycles. The van der Waals surface area contributed by atoms with E-state index in [-0.39, 0.29) is 17.9 Å². The summed E-state index contributed by atoms with van der Waals surface area (Å²) in [4.78, 5) is 14.8. The molecule has 0 saturated carbocycles. The molecule has 0 bridgehead atoms. The van der Waals surface area contributed by atoms with E-state index in [1.54, 1.807) is 21.3 Å². The molecule has 1 saturated heterocycles. The first-order chi connectivity index (χ1) is 12.2. The molecule has 2 aliphatic heterocycles. The summed E-state index contributed by atoms with van der Waals surface area (Å²) >= 11 is 0. The Morgan fingerprint density at radius 2 is 1.80 bits per heavy atom. The van der Waals surface area contributed by atoms with Crippen molar-refractivity contribution >= 4 is 5.91 Å². The minimum absolute atomic E-state index is 0.0423. The predicted octanol–water partition coefficient (Wildman–Crippen LogP) is 2.83. The molecule has 132 valence electrons. The number of allylic oxidation sites excluding steroid dienone is 1. The third-order valence-corrected chi connectivity index (χ3v) is 5.62. The molecule has 25 heavy (non-hydrogen) atoms. The lowest BCUT2D eigenvalue weighted by atomic mass is 9.71. The van der Waals surface area contributed by atoms with E-state index in [0.717, 1.165) is 35.8 Å². The van der Waals surface area contributed by atoms with Gasteiger partial charge in [-0.3, -0.25) is 4.79 Å². The number of methoxy groups -OCH3 is 3. The highest BCUT2D eigenvalue weighted by molar-refractivity contribution is 5.82. The maximum absolute atomic E-state index is 12.7. The first-order valence-electron chi connectivity index (χ1n) is 8.64. The van der Waals surface area contributed by atoms with Crippen molar-refractivity contribution in [1.29, 1.82) is 0 Å². The summed E-state index contributed by atoms with van der Waals surface area (Å²) in [5.41, 5.74) is 2.29. The highest BCUT2D eigenvalue weighted by atomic mass is 16.5. The minimum Gasteiger partial charge on any atom is -0.497 e. The number of piperidine rings is 1. The van der Waals surface area contributed by atoms with Gasteiger partial charge in [-0.05, 0) is 47.8 Å². The van der Waals surface area contributed by atoms with Gasteiger partial charge in [-0.1, -0.05) is 6.07 Å². The van der Waals surface area contributed by atoms with Gasteiger partial charge >= 0.3 is 0 Å². The van der Waals surface area contributed by atoms with E-state index in [2.05, 4.69) is 18.2 Å². The maximum atomic E-state index is 12.7. The van der Waals surface area contributed by atoms with Gasteiger partial charge in [-0.25, -0.2) is 0 Å². The average Bonchev–Trinajstić information content (AvgIpc) is 2.65. The molecule has 5 nitrogen and oxygen atoms in total. The van der Waals surface area contributed by atoms with Crippen LogP contribution in [0.4, 0.5) is 0 Å². The van der Waals surface area contributed by atoms with Crippen LogP contribution < -0.4 is 4.74 Å². The molecule has 0 aromatic heterocycles. The molecule has 0 radical (unpaired) electrons. The van der Waals surface area contributed by atoms with Gasteiger partial charge in [0.05, 0.1) is 33.8 Å². The lowest BCUT2D eigenvalue weighted by Gasteiger charge is -2.48. The number of rotatable bonds is 3. The number of carbonyl (C=O) groups excluding carboxylic acids is 1. The van der Waals surface area contributed by atoms with Gasteiger partial charge in [-0.15, -0.1) is 0 Å². The van der Waals surface area contributed by atoms with E-state index >= 15 is 0 Å². The van der Waals surface area contributed by atoms with E-state index in [9.17, 15) is 4.79 Å². The van der Waals surface area contributed by atoms with Crippen molar-refractivity contribution in [3.63, 3.8) is 0 Å². The first kappa shape index (κ1) is 16.1. The second kappa shape index (κ2) is 6.14. The standard InChI is InChI=1S/C20H23NO4/c1-23-14-4-5-15-13(8-14)10-19(22)21-7-6-12-9-17(24-2)18(25-3)11-16(12)20(15)21/h4-5,8-9,11-12,16,20H,6-7,10H2,1-3H3. The molecule has 3 aliphatic rings. The number of hydrogen-bond acceptors (Lipinski definition) is 4. The van der Waals surface area contributed by atoms with Crippen molar-refractivity contribution in [2.75, 3.05) is 27.9 Å². The van der Waals surface area contributed by atoms with Crippen molar-refractivity contribution in [3.05, 3.63) is 53.0 Å².